The molecule has 0 aliphatic carbocycles. The third kappa shape index (κ3) is 3.16. The largest absolute Gasteiger partial charge is 0.375 e. The van der Waals surface area contributed by atoms with Crippen LogP contribution in [0.15, 0.2) is 6.07 Å². The Labute approximate surface area is 76.2 Å². The van der Waals surface area contributed by atoms with Crippen molar-refractivity contribution in [3.63, 3.8) is 0 Å². The normalized spacial score (nSPS) is 9.69. The SMILES string of the molecule is COCC(=O)Nc1c[c]nc(C)n1. The lowest BCUT2D eigenvalue weighted by Crippen LogP contribution is -2.18. The molecule has 13 heavy (non-hydrogen) atoms. The van der Waals surface area contributed by atoms with Gasteiger partial charge in [-0.3, -0.25) is 4.79 Å². The Balaban J connectivity index is 2.58. The van der Waals surface area contributed by atoms with E-state index in [1.807, 2.05) is 0 Å². The fourth-order valence-corrected chi connectivity index (χ4v) is 0.792. The average Bonchev–Trinajstić information content (AvgIpc) is 2.04. The first-order chi connectivity index (χ1) is 6.22. The Hall–Kier alpha value is -1.49. The molecule has 0 saturated carbocycles. The first kappa shape index (κ1) is 9.60. The maximum atomic E-state index is 11.0. The quantitative estimate of drug-likeness (QED) is 0.720. The summed E-state index contributed by atoms with van der Waals surface area (Å²) < 4.78 is 4.64. The van der Waals surface area contributed by atoms with E-state index in [9.17, 15) is 4.79 Å². The second-order valence-corrected chi connectivity index (χ2v) is 2.41. The van der Waals surface area contributed by atoms with Crippen molar-refractivity contribution in [3.8, 4) is 0 Å². The molecule has 1 rings (SSSR count). The van der Waals surface area contributed by atoms with E-state index in [4.69, 9.17) is 0 Å². The lowest BCUT2D eigenvalue weighted by Gasteiger charge is -2.02. The van der Waals surface area contributed by atoms with Crippen LogP contribution in [0.2, 0.25) is 0 Å². The van der Waals surface area contributed by atoms with Crippen molar-refractivity contribution in [1.29, 1.82) is 0 Å². The maximum Gasteiger partial charge on any atom is 0.251 e. The third-order valence-corrected chi connectivity index (χ3v) is 1.25. The molecule has 0 aliphatic rings. The molecular formula is C8H10N3O2. The van der Waals surface area contributed by atoms with Crippen molar-refractivity contribution in [3.05, 3.63) is 18.1 Å². The molecule has 1 amide bonds. The average molecular weight is 180 g/mol. The number of aromatic nitrogens is 2. The number of anilines is 1. The smallest absolute Gasteiger partial charge is 0.251 e. The number of nitrogens with zero attached hydrogens (tertiary/aromatic N) is 2. The van der Waals surface area contributed by atoms with E-state index >= 15 is 0 Å². The van der Waals surface area contributed by atoms with Gasteiger partial charge in [0.1, 0.15) is 18.2 Å². The predicted molar refractivity (Wildman–Crippen MR) is 46.1 cm³/mol. The zero-order valence-corrected chi connectivity index (χ0v) is 7.50. The van der Waals surface area contributed by atoms with Gasteiger partial charge in [0, 0.05) is 13.2 Å². The Morgan fingerprint density at radius 3 is 3.15 bits per heavy atom. The summed E-state index contributed by atoms with van der Waals surface area (Å²) in [6, 6.07) is 1.50. The van der Waals surface area contributed by atoms with Crippen molar-refractivity contribution >= 4 is 11.7 Å². The van der Waals surface area contributed by atoms with Gasteiger partial charge in [-0.2, -0.15) is 0 Å². The molecular weight excluding hydrogens is 170 g/mol. The van der Waals surface area contributed by atoms with Crippen LogP contribution in [0.1, 0.15) is 5.82 Å². The highest BCUT2D eigenvalue weighted by Gasteiger charge is 2.01. The number of amides is 1. The van der Waals surface area contributed by atoms with Crippen LogP contribution >= 0.6 is 0 Å². The molecule has 69 valence electrons. The first-order valence-corrected chi connectivity index (χ1v) is 3.73. The zero-order valence-electron chi connectivity index (χ0n) is 7.50. The Bertz CT molecular complexity index is 301. The van der Waals surface area contributed by atoms with Crippen LogP contribution < -0.4 is 5.32 Å². The molecule has 1 radical (unpaired) electrons. The Morgan fingerprint density at radius 1 is 1.77 bits per heavy atom. The van der Waals surface area contributed by atoms with Crippen LogP contribution in [-0.4, -0.2) is 29.6 Å². The zero-order chi connectivity index (χ0) is 9.68. The molecule has 1 heterocycles. The standard InChI is InChI=1S/C8H10N3O2/c1-6-9-4-3-7(10-6)11-8(12)5-13-2/h3H,5H2,1-2H3,(H,9,10,11,12). The number of hydrogen-bond donors (Lipinski definition) is 1. The summed E-state index contributed by atoms with van der Waals surface area (Å²) in [6.07, 6.45) is 2.61. The molecule has 0 fully saturated rings. The summed E-state index contributed by atoms with van der Waals surface area (Å²) in [5.41, 5.74) is 0. The second-order valence-electron chi connectivity index (χ2n) is 2.41. The van der Waals surface area contributed by atoms with Gasteiger partial charge in [0.15, 0.2) is 0 Å². The molecule has 1 aromatic heterocycles. The molecule has 5 nitrogen and oxygen atoms in total. The molecule has 0 unspecified atom stereocenters. The summed E-state index contributed by atoms with van der Waals surface area (Å²) in [4.78, 5) is 18.8. The Kier molecular flexibility index (Phi) is 3.33. The number of methoxy groups -OCH3 is 1. The molecule has 5 heteroatoms. The summed E-state index contributed by atoms with van der Waals surface area (Å²) in [5, 5.41) is 2.54. The highest BCUT2D eigenvalue weighted by molar-refractivity contribution is 5.90. The van der Waals surface area contributed by atoms with E-state index in [2.05, 4.69) is 26.2 Å². The number of rotatable bonds is 3. The topological polar surface area (TPSA) is 64.1 Å². The van der Waals surface area contributed by atoms with Crippen molar-refractivity contribution in [1.82, 2.24) is 9.97 Å². The second kappa shape index (κ2) is 4.51. The van der Waals surface area contributed by atoms with Crippen molar-refractivity contribution in [2.45, 2.75) is 6.92 Å². The van der Waals surface area contributed by atoms with E-state index in [0.29, 0.717) is 11.6 Å². The lowest BCUT2D eigenvalue weighted by atomic mass is 10.5. The van der Waals surface area contributed by atoms with Crippen LogP contribution in [0, 0.1) is 13.1 Å². The van der Waals surface area contributed by atoms with Gasteiger partial charge in [0.05, 0.1) is 6.20 Å². The number of hydrogen-bond acceptors (Lipinski definition) is 4. The van der Waals surface area contributed by atoms with Gasteiger partial charge in [0.2, 0.25) is 0 Å². The van der Waals surface area contributed by atoms with Crippen molar-refractivity contribution in [2.75, 3.05) is 19.0 Å². The molecule has 1 aromatic rings. The highest BCUT2D eigenvalue weighted by Crippen LogP contribution is 1.99. The molecule has 0 atom stereocenters. The van der Waals surface area contributed by atoms with Gasteiger partial charge in [-0.25, -0.2) is 9.97 Å². The summed E-state index contributed by atoms with van der Waals surface area (Å²) in [7, 11) is 1.46. The first-order valence-electron chi connectivity index (χ1n) is 3.73. The van der Waals surface area contributed by atoms with Crippen LogP contribution in [0.25, 0.3) is 0 Å². The van der Waals surface area contributed by atoms with E-state index in [1.165, 1.54) is 13.2 Å². The molecule has 0 bridgehead atoms. The number of carbonyl (C=O) groups excluding carboxylic acids is 1. The Morgan fingerprint density at radius 2 is 2.54 bits per heavy atom. The van der Waals surface area contributed by atoms with Crippen LogP contribution in [0.4, 0.5) is 5.82 Å². The van der Waals surface area contributed by atoms with Crippen LogP contribution in [0.5, 0.6) is 0 Å². The van der Waals surface area contributed by atoms with Gasteiger partial charge in [-0.1, -0.05) is 0 Å². The molecule has 0 spiro atoms. The molecule has 0 aliphatic heterocycles. The molecule has 0 aromatic carbocycles. The number of carbonyl (C=O) groups is 1. The van der Waals surface area contributed by atoms with E-state index in [1.54, 1.807) is 6.92 Å². The van der Waals surface area contributed by atoms with Gasteiger partial charge < -0.3 is 10.1 Å². The third-order valence-electron chi connectivity index (χ3n) is 1.25. The van der Waals surface area contributed by atoms with Gasteiger partial charge in [-0.05, 0) is 6.92 Å². The summed E-state index contributed by atoms with van der Waals surface area (Å²) in [6.45, 7) is 1.74. The van der Waals surface area contributed by atoms with Crippen molar-refractivity contribution < 1.29 is 9.53 Å². The fraction of sp³-hybridized carbons (Fsp3) is 0.375. The van der Waals surface area contributed by atoms with E-state index < -0.39 is 0 Å². The fourth-order valence-electron chi connectivity index (χ4n) is 0.792. The molecule has 0 saturated heterocycles. The van der Waals surface area contributed by atoms with Crippen LogP contribution in [0.3, 0.4) is 0 Å². The highest BCUT2D eigenvalue weighted by atomic mass is 16.5. The van der Waals surface area contributed by atoms with Crippen LogP contribution in [-0.2, 0) is 9.53 Å². The lowest BCUT2D eigenvalue weighted by molar-refractivity contribution is -0.119. The number of ether oxygens (including phenoxy) is 1. The number of nitrogens with one attached hydrogen (secondary N) is 1. The minimum Gasteiger partial charge on any atom is -0.375 e. The number of aryl methyl sites for hydroxylation is 1. The van der Waals surface area contributed by atoms with Gasteiger partial charge in [-0.15, -0.1) is 0 Å². The monoisotopic (exact) mass is 180 g/mol. The maximum absolute atomic E-state index is 11.0. The van der Waals surface area contributed by atoms with Gasteiger partial charge in [0.25, 0.3) is 5.91 Å². The minimum atomic E-state index is -0.242. The van der Waals surface area contributed by atoms with Crippen molar-refractivity contribution in [2.24, 2.45) is 0 Å². The van der Waals surface area contributed by atoms with E-state index in [-0.39, 0.29) is 12.5 Å². The van der Waals surface area contributed by atoms with E-state index in [0.717, 1.165) is 0 Å². The summed E-state index contributed by atoms with van der Waals surface area (Å²) in [5.74, 6) is 0.763. The predicted octanol–water partition coefficient (Wildman–Crippen LogP) is 0.170. The minimum absolute atomic E-state index is 0.0169. The molecule has 1 N–H and O–H groups in total. The van der Waals surface area contributed by atoms with Gasteiger partial charge >= 0.3 is 0 Å². The summed E-state index contributed by atoms with van der Waals surface area (Å²) >= 11 is 0.